The highest BCUT2D eigenvalue weighted by Gasteiger charge is 2.08. The number of amides is 1. The number of hydrogen-bond donors (Lipinski definition) is 2. The number of aryl methyl sites for hydroxylation is 1. The molecule has 0 aromatic heterocycles. The number of benzene rings is 2. The molecule has 0 bridgehead atoms. The number of nitrogens with one attached hydrogen (secondary N) is 2. The van der Waals surface area contributed by atoms with Gasteiger partial charge in [0.1, 0.15) is 5.75 Å². The average molecular weight is 391 g/mol. The van der Waals surface area contributed by atoms with E-state index in [-0.39, 0.29) is 5.91 Å². The van der Waals surface area contributed by atoms with E-state index in [2.05, 4.69) is 33.5 Å². The molecular formula is C19H23BrN2O2. The topological polar surface area (TPSA) is 50.4 Å². The Balaban J connectivity index is 1.93. The van der Waals surface area contributed by atoms with Crippen molar-refractivity contribution in [1.82, 2.24) is 5.32 Å². The zero-order valence-electron chi connectivity index (χ0n) is 14.1. The maximum atomic E-state index is 12.3. The van der Waals surface area contributed by atoms with Crippen molar-refractivity contribution in [2.45, 2.75) is 26.3 Å². The second kappa shape index (κ2) is 9.45. The minimum atomic E-state index is 0.0193. The Morgan fingerprint density at radius 3 is 2.71 bits per heavy atom. The van der Waals surface area contributed by atoms with Crippen molar-refractivity contribution in [2.24, 2.45) is 0 Å². The summed E-state index contributed by atoms with van der Waals surface area (Å²) >= 11 is 3.47. The van der Waals surface area contributed by atoms with E-state index in [0.717, 1.165) is 40.1 Å². The average Bonchev–Trinajstić information content (AvgIpc) is 2.59. The van der Waals surface area contributed by atoms with E-state index < -0.39 is 0 Å². The summed E-state index contributed by atoms with van der Waals surface area (Å²) in [7, 11) is 1.64. The van der Waals surface area contributed by atoms with Gasteiger partial charge in [0.25, 0.3) is 0 Å². The fraction of sp³-hybridized carbons (Fsp3) is 0.316. The number of hydrogen-bond acceptors (Lipinski definition) is 3. The summed E-state index contributed by atoms with van der Waals surface area (Å²) in [4.78, 5) is 12.3. The van der Waals surface area contributed by atoms with Gasteiger partial charge in [-0.3, -0.25) is 4.79 Å². The molecule has 5 heteroatoms. The van der Waals surface area contributed by atoms with Gasteiger partial charge in [-0.15, -0.1) is 0 Å². The molecule has 0 radical (unpaired) electrons. The van der Waals surface area contributed by atoms with Crippen molar-refractivity contribution in [3.05, 3.63) is 58.1 Å². The molecule has 1 amide bonds. The van der Waals surface area contributed by atoms with Crippen LogP contribution in [0.4, 0.5) is 5.69 Å². The van der Waals surface area contributed by atoms with Crippen molar-refractivity contribution in [1.29, 1.82) is 0 Å². The fourth-order valence-electron chi connectivity index (χ4n) is 2.39. The van der Waals surface area contributed by atoms with Gasteiger partial charge in [0, 0.05) is 18.7 Å². The van der Waals surface area contributed by atoms with Crippen LogP contribution in [0.15, 0.2) is 46.9 Å². The highest BCUT2D eigenvalue weighted by molar-refractivity contribution is 9.10. The zero-order chi connectivity index (χ0) is 17.4. The van der Waals surface area contributed by atoms with E-state index in [9.17, 15) is 4.79 Å². The van der Waals surface area contributed by atoms with E-state index in [1.165, 1.54) is 0 Å². The fourth-order valence-corrected chi connectivity index (χ4v) is 2.98. The van der Waals surface area contributed by atoms with Crippen LogP contribution in [0.5, 0.6) is 5.75 Å². The van der Waals surface area contributed by atoms with Gasteiger partial charge in [-0.25, -0.2) is 0 Å². The van der Waals surface area contributed by atoms with Crippen LogP contribution in [0.2, 0.25) is 0 Å². The molecule has 0 atom stereocenters. The van der Waals surface area contributed by atoms with Crippen LogP contribution < -0.4 is 15.4 Å². The number of methoxy groups -OCH3 is 1. The molecule has 0 saturated carbocycles. The third-order valence-electron chi connectivity index (χ3n) is 3.71. The van der Waals surface area contributed by atoms with E-state index in [1.807, 2.05) is 42.5 Å². The van der Waals surface area contributed by atoms with Crippen LogP contribution in [0.3, 0.4) is 0 Å². The Bertz CT molecular complexity index is 689. The summed E-state index contributed by atoms with van der Waals surface area (Å²) in [5, 5.41) is 6.30. The van der Waals surface area contributed by atoms with Crippen molar-refractivity contribution >= 4 is 27.5 Å². The number of carbonyl (C=O) groups excluding carboxylic acids is 1. The van der Waals surface area contributed by atoms with E-state index in [4.69, 9.17) is 4.74 Å². The molecule has 0 aliphatic carbocycles. The van der Waals surface area contributed by atoms with Gasteiger partial charge in [-0.2, -0.15) is 0 Å². The number of halogens is 1. The standard InChI is InChI=1S/C19H23BrN2O2/c1-3-21-13-15-6-4-5-7-17(15)22-19(23)11-9-14-8-10-18(24-2)16(20)12-14/h4-8,10,12,21H,3,9,11,13H2,1-2H3,(H,22,23). The Labute approximate surface area is 151 Å². The molecule has 0 unspecified atom stereocenters. The van der Waals surface area contributed by atoms with Gasteiger partial charge in [-0.05, 0) is 58.2 Å². The maximum Gasteiger partial charge on any atom is 0.224 e. The number of carbonyl (C=O) groups is 1. The van der Waals surface area contributed by atoms with Crippen molar-refractivity contribution in [3.8, 4) is 5.75 Å². The number of ether oxygens (including phenoxy) is 1. The van der Waals surface area contributed by atoms with Gasteiger partial charge in [0.2, 0.25) is 5.91 Å². The monoisotopic (exact) mass is 390 g/mol. The zero-order valence-corrected chi connectivity index (χ0v) is 15.7. The molecule has 0 heterocycles. The van der Waals surface area contributed by atoms with Crippen LogP contribution in [0.1, 0.15) is 24.5 Å². The van der Waals surface area contributed by atoms with Crippen LogP contribution in [0, 0.1) is 0 Å². The second-order valence-electron chi connectivity index (χ2n) is 5.45. The quantitative estimate of drug-likeness (QED) is 0.711. The Morgan fingerprint density at radius 2 is 2.00 bits per heavy atom. The van der Waals surface area contributed by atoms with Crippen molar-refractivity contribution in [2.75, 3.05) is 19.0 Å². The molecule has 2 rings (SSSR count). The van der Waals surface area contributed by atoms with Crippen LogP contribution in [-0.4, -0.2) is 19.6 Å². The Hall–Kier alpha value is -1.85. The number of para-hydroxylation sites is 1. The smallest absolute Gasteiger partial charge is 0.224 e. The predicted molar refractivity (Wildman–Crippen MR) is 101 cm³/mol. The Morgan fingerprint density at radius 1 is 1.21 bits per heavy atom. The van der Waals surface area contributed by atoms with Crippen molar-refractivity contribution in [3.63, 3.8) is 0 Å². The molecule has 0 spiro atoms. The van der Waals surface area contributed by atoms with Crippen molar-refractivity contribution < 1.29 is 9.53 Å². The molecule has 0 aliphatic rings. The molecule has 2 N–H and O–H groups in total. The lowest BCUT2D eigenvalue weighted by Crippen LogP contribution is -2.17. The third kappa shape index (κ3) is 5.35. The summed E-state index contributed by atoms with van der Waals surface area (Å²) in [6.45, 7) is 3.71. The minimum Gasteiger partial charge on any atom is -0.496 e. The molecule has 0 fully saturated rings. The lowest BCUT2D eigenvalue weighted by molar-refractivity contribution is -0.116. The summed E-state index contributed by atoms with van der Waals surface area (Å²) in [5.41, 5.74) is 3.07. The first-order valence-electron chi connectivity index (χ1n) is 8.05. The van der Waals surface area contributed by atoms with Crippen LogP contribution >= 0.6 is 15.9 Å². The normalized spacial score (nSPS) is 10.5. The summed E-state index contributed by atoms with van der Waals surface area (Å²) in [6.07, 6.45) is 1.12. The number of rotatable bonds is 8. The molecule has 128 valence electrons. The van der Waals surface area contributed by atoms with Gasteiger partial charge < -0.3 is 15.4 Å². The maximum absolute atomic E-state index is 12.3. The van der Waals surface area contributed by atoms with E-state index in [0.29, 0.717) is 12.8 Å². The third-order valence-corrected chi connectivity index (χ3v) is 4.33. The van der Waals surface area contributed by atoms with Gasteiger partial charge in [0.15, 0.2) is 0 Å². The lowest BCUT2D eigenvalue weighted by atomic mass is 10.1. The SMILES string of the molecule is CCNCc1ccccc1NC(=O)CCc1ccc(OC)c(Br)c1. The van der Waals surface area contributed by atoms with Gasteiger partial charge >= 0.3 is 0 Å². The molecule has 0 aliphatic heterocycles. The first-order valence-corrected chi connectivity index (χ1v) is 8.84. The van der Waals surface area contributed by atoms with Gasteiger partial charge in [-0.1, -0.05) is 31.2 Å². The molecule has 2 aromatic carbocycles. The van der Waals surface area contributed by atoms with Crippen LogP contribution in [-0.2, 0) is 17.8 Å². The molecule has 4 nitrogen and oxygen atoms in total. The largest absolute Gasteiger partial charge is 0.496 e. The lowest BCUT2D eigenvalue weighted by Gasteiger charge is -2.11. The highest BCUT2D eigenvalue weighted by Crippen LogP contribution is 2.26. The van der Waals surface area contributed by atoms with E-state index >= 15 is 0 Å². The molecule has 2 aromatic rings. The number of anilines is 1. The molecular weight excluding hydrogens is 368 g/mol. The summed E-state index contributed by atoms with van der Waals surface area (Å²) < 4.78 is 6.12. The van der Waals surface area contributed by atoms with E-state index in [1.54, 1.807) is 7.11 Å². The summed E-state index contributed by atoms with van der Waals surface area (Å²) in [5.74, 6) is 0.812. The van der Waals surface area contributed by atoms with Gasteiger partial charge in [0.05, 0.1) is 11.6 Å². The first-order chi connectivity index (χ1) is 11.6. The predicted octanol–water partition coefficient (Wildman–Crippen LogP) is 4.14. The minimum absolute atomic E-state index is 0.0193. The first kappa shape index (κ1) is 18.5. The molecule has 0 saturated heterocycles. The Kier molecular flexibility index (Phi) is 7.28. The van der Waals surface area contributed by atoms with Crippen LogP contribution in [0.25, 0.3) is 0 Å². The summed E-state index contributed by atoms with van der Waals surface area (Å²) in [6, 6.07) is 13.8. The molecule has 24 heavy (non-hydrogen) atoms. The highest BCUT2D eigenvalue weighted by atomic mass is 79.9. The second-order valence-corrected chi connectivity index (χ2v) is 6.31.